The van der Waals surface area contributed by atoms with Crippen LogP contribution >= 0.6 is 15.9 Å². The number of halogens is 1. The highest BCUT2D eigenvalue weighted by Gasteiger charge is 2.25. The third-order valence-corrected chi connectivity index (χ3v) is 4.45. The van der Waals surface area contributed by atoms with Crippen molar-refractivity contribution in [1.82, 2.24) is 4.90 Å². The summed E-state index contributed by atoms with van der Waals surface area (Å²) >= 11 is 3.65. The Bertz CT molecular complexity index is 431. The van der Waals surface area contributed by atoms with Gasteiger partial charge in [0.1, 0.15) is 0 Å². The Labute approximate surface area is 124 Å². The van der Waals surface area contributed by atoms with Gasteiger partial charge in [-0.05, 0) is 51.6 Å². The van der Waals surface area contributed by atoms with E-state index >= 15 is 0 Å². The molecule has 1 heterocycles. The quantitative estimate of drug-likeness (QED) is 0.923. The monoisotopic (exact) mass is 325 g/mol. The van der Waals surface area contributed by atoms with Gasteiger partial charge in [0.25, 0.3) is 0 Å². The fourth-order valence-corrected chi connectivity index (χ4v) is 3.58. The Balaban J connectivity index is 2.19. The second-order valence-electron chi connectivity index (χ2n) is 5.75. The maximum Gasteiger partial charge on any atom is 0.0417 e. The molecule has 0 radical (unpaired) electrons. The predicted octanol–water partition coefficient (Wildman–Crippen LogP) is 3.00. The van der Waals surface area contributed by atoms with E-state index in [-0.39, 0.29) is 6.04 Å². The van der Waals surface area contributed by atoms with Crippen LogP contribution in [0.2, 0.25) is 0 Å². The van der Waals surface area contributed by atoms with E-state index in [0.717, 1.165) is 17.6 Å². The first-order chi connectivity index (χ1) is 8.99. The van der Waals surface area contributed by atoms with Crippen LogP contribution in [0.25, 0.3) is 0 Å². The highest BCUT2D eigenvalue weighted by molar-refractivity contribution is 9.10. The number of anilines is 1. The van der Waals surface area contributed by atoms with Gasteiger partial charge in [-0.3, -0.25) is 0 Å². The zero-order valence-electron chi connectivity index (χ0n) is 12.1. The second-order valence-corrected chi connectivity index (χ2v) is 6.60. The Morgan fingerprint density at radius 3 is 2.79 bits per heavy atom. The average molecular weight is 326 g/mol. The SMILES string of the molecule is C[C@H](N)c1ccc(N2CCCC2CN(C)C)cc1Br. The van der Waals surface area contributed by atoms with Crippen LogP contribution < -0.4 is 10.6 Å². The molecule has 1 unspecified atom stereocenters. The van der Waals surface area contributed by atoms with E-state index in [0.29, 0.717) is 6.04 Å². The van der Waals surface area contributed by atoms with Crippen LogP contribution in [0.15, 0.2) is 22.7 Å². The lowest BCUT2D eigenvalue weighted by atomic mass is 10.1. The minimum Gasteiger partial charge on any atom is -0.367 e. The smallest absolute Gasteiger partial charge is 0.0417 e. The molecule has 0 aromatic heterocycles. The highest BCUT2D eigenvalue weighted by atomic mass is 79.9. The fourth-order valence-electron chi connectivity index (χ4n) is 2.85. The number of hydrogen-bond donors (Lipinski definition) is 1. The topological polar surface area (TPSA) is 32.5 Å². The summed E-state index contributed by atoms with van der Waals surface area (Å²) < 4.78 is 1.12. The van der Waals surface area contributed by atoms with Crippen molar-refractivity contribution < 1.29 is 0 Å². The van der Waals surface area contributed by atoms with Gasteiger partial charge in [-0.2, -0.15) is 0 Å². The lowest BCUT2D eigenvalue weighted by molar-refractivity contribution is 0.372. The van der Waals surface area contributed by atoms with Gasteiger partial charge in [0, 0.05) is 35.3 Å². The number of hydrogen-bond acceptors (Lipinski definition) is 3. The molecule has 3 nitrogen and oxygen atoms in total. The van der Waals surface area contributed by atoms with Crippen molar-refractivity contribution >= 4 is 21.6 Å². The highest BCUT2D eigenvalue weighted by Crippen LogP contribution is 2.31. The van der Waals surface area contributed by atoms with E-state index in [4.69, 9.17) is 5.73 Å². The molecule has 1 aliphatic rings. The Kier molecular flexibility index (Phi) is 4.87. The average Bonchev–Trinajstić information content (AvgIpc) is 2.75. The van der Waals surface area contributed by atoms with Crippen molar-refractivity contribution in [1.29, 1.82) is 0 Å². The lowest BCUT2D eigenvalue weighted by Gasteiger charge is -2.29. The van der Waals surface area contributed by atoms with Gasteiger partial charge in [0.15, 0.2) is 0 Å². The molecule has 2 atom stereocenters. The molecule has 4 heteroatoms. The van der Waals surface area contributed by atoms with Gasteiger partial charge in [-0.15, -0.1) is 0 Å². The molecule has 19 heavy (non-hydrogen) atoms. The second kappa shape index (κ2) is 6.25. The van der Waals surface area contributed by atoms with E-state index < -0.39 is 0 Å². The predicted molar refractivity (Wildman–Crippen MR) is 85.7 cm³/mol. The van der Waals surface area contributed by atoms with Crippen molar-refractivity contribution in [2.45, 2.75) is 31.8 Å². The summed E-state index contributed by atoms with van der Waals surface area (Å²) in [4.78, 5) is 4.80. The summed E-state index contributed by atoms with van der Waals surface area (Å²) in [6.07, 6.45) is 2.57. The third kappa shape index (κ3) is 3.50. The number of nitrogens with two attached hydrogens (primary N) is 1. The van der Waals surface area contributed by atoms with Crippen molar-refractivity contribution in [3.05, 3.63) is 28.2 Å². The zero-order valence-corrected chi connectivity index (χ0v) is 13.7. The molecule has 2 N–H and O–H groups in total. The van der Waals surface area contributed by atoms with Crippen LogP contribution in [-0.4, -0.2) is 38.1 Å². The third-order valence-electron chi connectivity index (χ3n) is 3.76. The van der Waals surface area contributed by atoms with Crippen LogP contribution in [0, 0.1) is 0 Å². The van der Waals surface area contributed by atoms with E-state index in [9.17, 15) is 0 Å². The zero-order chi connectivity index (χ0) is 14.0. The van der Waals surface area contributed by atoms with Gasteiger partial charge in [0.2, 0.25) is 0 Å². The van der Waals surface area contributed by atoms with Gasteiger partial charge in [0.05, 0.1) is 0 Å². The first-order valence-electron chi connectivity index (χ1n) is 6.95. The molecule has 0 amide bonds. The Morgan fingerprint density at radius 2 is 2.21 bits per heavy atom. The number of rotatable bonds is 4. The van der Waals surface area contributed by atoms with Crippen LogP contribution in [-0.2, 0) is 0 Å². The summed E-state index contributed by atoms with van der Waals surface area (Å²) in [5.41, 5.74) is 8.44. The molecule has 0 spiro atoms. The molecule has 106 valence electrons. The van der Waals surface area contributed by atoms with E-state index in [1.54, 1.807) is 0 Å². The molecule has 1 aromatic carbocycles. The summed E-state index contributed by atoms with van der Waals surface area (Å²) in [7, 11) is 4.29. The van der Waals surface area contributed by atoms with Gasteiger partial charge < -0.3 is 15.5 Å². The molecular weight excluding hydrogens is 302 g/mol. The van der Waals surface area contributed by atoms with Crippen LogP contribution in [0.1, 0.15) is 31.4 Å². The molecule has 1 aromatic rings. The standard InChI is InChI=1S/C15H24BrN3/c1-11(17)14-7-6-12(9-15(14)16)19-8-4-5-13(19)10-18(2)3/h6-7,9,11,13H,4-5,8,10,17H2,1-3H3/t11-,13?/m0/s1. The maximum absolute atomic E-state index is 5.96. The largest absolute Gasteiger partial charge is 0.367 e. The van der Waals surface area contributed by atoms with E-state index in [1.807, 2.05) is 6.92 Å². The maximum atomic E-state index is 5.96. The summed E-state index contributed by atoms with van der Waals surface area (Å²) in [6, 6.07) is 7.27. The van der Waals surface area contributed by atoms with Crippen LogP contribution in [0.4, 0.5) is 5.69 Å². The molecular formula is C15H24BrN3. The van der Waals surface area contributed by atoms with Crippen molar-refractivity contribution in [2.24, 2.45) is 5.73 Å². The first kappa shape index (κ1) is 14.8. The van der Waals surface area contributed by atoms with Gasteiger partial charge in [-0.1, -0.05) is 22.0 Å². The molecule has 0 bridgehead atoms. The van der Waals surface area contributed by atoms with E-state index in [1.165, 1.54) is 24.1 Å². The van der Waals surface area contributed by atoms with Crippen molar-refractivity contribution in [3.8, 4) is 0 Å². The fraction of sp³-hybridized carbons (Fsp3) is 0.600. The number of benzene rings is 1. The van der Waals surface area contributed by atoms with E-state index in [2.05, 4.69) is 58.0 Å². The van der Waals surface area contributed by atoms with Crippen molar-refractivity contribution in [2.75, 3.05) is 32.1 Å². The minimum absolute atomic E-state index is 0.0691. The Morgan fingerprint density at radius 1 is 1.47 bits per heavy atom. The summed E-state index contributed by atoms with van der Waals surface area (Å²) in [5, 5.41) is 0. The lowest BCUT2D eigenvalue weighted by Crippen LogP contribution is -2.37. The molecule has 1 aliphatic heterocycles. The van der Waals surface area contributed by atoms with Gasteiger partial charge in [-0.25, -0.2) is 0 Å². The molecule has 2 rings (SSSR count). The Hall–Kier alpha value is -0.580. The van der Waals surface area contributed by atoms with Crippen molar-refractivity contribution in [3.63, 3.8) is 0 Å². The van der Waals surface area contributed by atoms with Gasteiger partial charge >= 0.3 is 0 Å². The summed E-state index contributed by atoms with van der Waals surface area (Å²) in [5.74, 6) is 0. The number of nitrogens with zero attached hydrogens (tertiary/aromatic N) is 2. The minimum atomic E-state index is 0.0691. The normalized spacial score (nSPS) is 21.2. The molecule has 0 aliphatic carbocycles. The first-order valence-corrected chi connectivity index (χ1v) is 7.74. The molecule has 1 fully saturated rings. The number of likely N-dealkylation sites (N-methyl/N-ethyl adjacent to an activating group) is 1. The van der Waals surface area contributed by atoms with Crippen LogP contribution in [0.5, 0.6) is 0 Å². The molecule has 1 saturated heterocycles. The summed E-state index contributed by atoms with van der Waals surface area (Å²) in [6.45, 7) is 4.29. The molecule has 0 saturated carbocycles. The van der Waals surface area contributed by atoms with Crippen LogP contribution in [0.3, 0.4) is 0 Å².